The van der Waals surface area contributed by atoms with Crippen molar-refractivity contribution >= 4 is 6.09 Å². The Morgan fingerprint density at radius 3 is 2.45 bits per heavy atom. The number of likely N-dealkylation sites (tertiary alicyclic amines) is 1. The molecule has 2 fully saturated rings. The molecule has 22 heavy (non-hydrogen) atoms. The third-order valence-electron chi connectivity index (χ3n) is 5.13. The molecule has 1 saturated carbocycles. The number of piperidine rings is 1. The largest absolute Gasteiger partial charge is 0.443 e. The van der Waals surface area contributed by atoms with E-state index in [1.165, 1.54) is 0 Å². The molecule has 1 aliphatic heterocycles. The number of hydrogen-bond acceptors (Lipinski definition) is 3. The zero-order valence-corrected chi connectivity index (χ0v) is 13.2. The molecule has 4 heteroatoms. The van der Waals surface area contributed by atoms with Crippen molar-refractivity contribution in [3.8, 4) is 0 Å². The number of carbonyl (C=O) groups is 1. The van der Waals surface area contributed by atoms with E-state index in [1.807, 2.05) is 37.3 Å². The van der Waals surface area contributed by atoms with Gasteiger partial charge in [0.2, 0.25) is 0 Å². The molecule has 0 radical (unpaired) electrons. The van der Waals surface area contributed by atoms with Gasteiger partial charge in [-0.1, -0.05) is 30.3 Å². The first kappa shape index (κ1) is 15.3. The van der Waals surface area contributed by atoms with Crippen molar-refractivity contribution in [3.63, 3.8) is 0 Å². The lowest BCUT2D eigenvalue weighted by Crippen LogP contribution is -2.46. The Bertz CT molecular complexity index is 504. The Morgan fingerprint density at radius 1 is 1.27 bits per heavy atom. The number of amides is 1. The third kappa shape index (κ3) is 3.27. The van der Waals surface area contributed by atoms with Gasteiger partial charge in [-0.25, -0.2) is 4.79 Å². The summed E-state index contributed by atoms with van der Waals surface area (Å²) >= 11 is 0. The van der Waals surface area contributed by atoms with Gasteiger partial charge < -0.3 is 14.7 Å². The van der Waals surface area contributed by atoms with E-state index in [0.29, 0.717) is 13.1 Å². The number of hydrogen-bond donors (Lipinski definition) is 1. The van der Waals surface area contributed by atoms with E-state index < -0.39 is 6.10 Å². The van der Waals surface area contributed by atoms with Crippen molar-refractivity contribution in [2.75, 3.05) is 13.1 Å². The van der Waals surface area contributed by atoms with E-state index in [4.69, 9.17) is 4.74 Å². The second kappa shape index (κ2) is 6.29. The maximum absolute atomic E-state index is 12.2. The normalized spacial score (nSPS) is 22.7. The summed E-state index contributed by atoms with van der Waals surface area (Å²) in [4.78, 5) is 14.0. The number of nitrogens with zero attached hydrogens (tertiary/aromatic N) is 1. The van der Waals surface area contributed by atoms with Gasteiger partial charge in [0.25, 0.3) is 0 Å². The molecule has 1 unspecified atom stereocenters. The Kier molecular flexibility index (Phi) is 4.39. The molecule has 1 N–H and O–H groups in total. The number of aliphatic hydroxyl groups is 1. The fourth-order valence-electron chi connectivity index (χ4n) is 3.37. The molecular weight excluding hydrogens is 278 g/mol. The highest BCUT2D eigenvalue weighted by molar-refractivity contribution is 5.68. The molecule has 4 nitrogen and oxygen atoms in total. The van der Waals surface area contributed by atoms with Gasteiger partial charge in [-0.3, -0.25) is 0 Å². The fourth-order valence-corrected chi connectivity index (χ4v) is 3.37. The van der Waals surface area contributed by atoms with E-state index in [2.05, 4.69) is 0 Å². The van der Waals surface area contributed by atoms with E-state index in [1.54, 1.807) is 4.90 Å². The average Bonchev–Trinajstić information content (AvgIpc) is 2.53. The monoisotopic (exact) mass is 303 g/mol. The maximum Gasteiger partial charge on any atom is 0.410 e. The summed E-state index contributed by atoms with van der Waals surface area (Å²) in [5.41, 5.74) is 0.725. The average molecular weight is 303 g/mol. The topological polar surface area (TPSA) is 49.8 Å². The van der Waals surface area contributed by atoms with Crippen LogP contribution >= 0.6 is 0 Å². The van der Waals surface area contributed by atoms with E-state index in [0.717, 1.165) is 37.7 Å². The summed E-state index contributed by atoms with van der Waals surface area (Å²) in [5.74, 6) is 0.214. The van der Waals surface area contributed by atoms with Gasteiger partial charge in [-0.15, -0.1) is 0 Å². The lowest BCUT2D eigenvalue weighted by Gasteiger charge is -2.40. The second-order valence-electron chi connectivity index (χ2n) is 6.85. The van der Waals surface area contributed by atoms with Crippen LogP contribution in [0.25, 0.3) is 0 Å². The van der Waals surface area contributed by atoms with Crippen molar-refractivity contribution in [3.05, 3.63) is 35.9 Å². The SMILES string of the molecule is CC1(OC(=O)N2CCC(C(O)c3ccccc3)CC2)CCC1. The van der Waals surface area contributed by atoms with E-state index >= 15 is 0 Å². The molecule has 1 atom stereocenters. The van der Waals surface area contributed by atoms with E-state index in [-0.39, 0.29) is 17.6 Å². The van der Waals surface area contributed by atoms with Crippen LogP contribution < -0.4 is 0 Å². The van der Waals surface area contributed by atoms with Crippen molar-refractivity contribution in [1.82, 2.24) is 4.90 Å². The van der Waals surface area contributed by atoms with Gasteiger partial charge in [0.15, 0.2) is 0 Å². The van der Waals surface area contributed by atoms with Crippen LogP contribution in [0.15, 0.2) is 30.3 Å². The lowest BCUT2D eigenvalue weighted by molar-refractivity contribution is -0.0529. The number of ether oxygens (including phenoxy) is 1. The third-order valence-corrected chi connectivity index (χ3v) is 5.13. The number of aliphatic hydroxyl groups excluding tert-OH is 1. The Hall–Kier alpha value is -1.55. The summed E-state index contributed by atoms with van der Waals surface area (Å²) in [6.07, 6.45) is 4.11. The highest BCUT2D eigenvalue weighted by atomic mass is 16.6. The molecule has 1 aromatic rings. The summed E-state index contributed by atoms with van der Waals surface area (Å²) in [6.45, 7) is 3.35. The molecule has 1 aliphatic carbocycles. The molecule has 1 amide bonds. The molecule has 120 valence electrons. The van der Waals surface area contributed by atoms with Gasteiger partial charge in [0.1, 0.15) is 5.60 Å². The summed E-state index contributed by atoms with van der Waals surface area (Å²) in [6, 6.07) is 9.77. The van der Waals surface area contributed by atoms with Crippen molar-refractivity contribution in [2.24, 2.45) is 5.92 Å². The standard InChI is InChI=1S/C18H25NO3/c1-18(10-5-11-18)22-17(21)19-12-8-15(9-13-19)16(20)14-6-3-2-4-7-14/h2-4,6-7,15-16,20H,5,8-13H2,1H3. The zero-order valence-electron chi connectivity index (χ0n) is 13.2. The first-order valence-electron chi connectivity index (χ1n) is 8.28. The quantitative estimate of drug-likeness (QED) is 0.929. The van der Waals surface area contributed by atoms with Crippen LogP contribution in [0.2, 0.25) is 0 Å². The zero-order chi connectivity index (χ0) is 15.6. The molecule has 3 rings (SSSR count). The molecule has 2 aliphatic rings. The van der Waals surface area contributed by atoms with Crippen LogP contribution in [-0.4, -0.2) is 34.8 Å². The Labute approximate surface area is 132 Å². The maximum atomic E-state index is 12.2. The first-order valence-corrected chi connectivity index (χ1v) is 8.28. The predicted molar refractivity (Wildman–Crippen MR) is 84.4 cm³/mol. The first-order chi connectivity index (χ1) is 10.6. The summed E-state index contributed by atoms with van der Waals surface area (Å²) in [5, 5.41) is 10.5. The number of benzene rings is 1. The molecular formula is C18H25NO3. The Morgan fingerprint density at radius 2 is 1.91 bits per heavy atom. The van der Waals surface area contributed by atoms with Crippen molar-refractivity contribution in [2.45, 2.75) is 50.7 Å². The van der Waals surface area contributed by atoms with Crippen molar-refractivity contribution in [1.29, 1.82) is 0 Å². The van der Waals surface area contributed by atoms with Crippen LogP contribution in [0.3, 0.4) is 0 Å². The van der Waals surface area contributed by atoms with Crippen LogP contribution in [0, 0.1) is 5.92 Å². The van der Waals surface area contributed by atoms with Crippen LogP contribution in [-0.2, 0) is 4.74 Å². The highest BCUT2D eigenvalue weighted by Crippen LogP contribution is 2.36. The minimum atomic E-state index is -0.441. The summed E-state index contributed by atoms with van der Waals surface area (Å²) in [7, 11) is 0. The molecule has 0 bridgehead atoms. The van der Waals surface area contributed by atoms with Crippen LogP contribution in [0.4, 0.5) is 4.79 Å². The van der Waals surface area contributed by atoms with Crippen molar-refractivity contribution < 1.29 is 14.6 Å². The van der Waals surface area contributed by atoms with Gasteiger partial charge >= 0.3 is 6.09 Å². The smallest absolute Gasteiger partial charge is 0.410 e. The predicted octanol–water partition coefficient (Wildman–Crippen LogP) is 3.51. The molecule has 0 spiro atoms. The van der Waals surface area contributed by atoms with Crippen LogP contribution in [0.1, 0.15) is 50.7 Å². The lowest BCUT2D eigenvalue weighted by atomic mass is 9.82. The fraction of sp³-hybridized carbons (Fsp3) is 0.611. The highest BCUT2D eigenvalue weighted by Gasteiger charge is 2.38. The van der Waals surface area contributed by atoms with Gasteiger partial charge in [0, 0.05) is 13.1 Å². The number of carbonyl (C=O) groups excluding carboxylic acids is 1. The summed E-state index contributed by atoms with van der Waals surface area (Å²) < 4.78 is 5.62. The molecule has 1 saturated heterocycles. The van der Waals surface area contributed by atoms with Gasteiger partial charge in [0.05, 0.1) is 6.10 Å². The van der Waals surface area contributed by atoms with Gasteiger partial charge in [-0.05, 0) is 50.5 Å². The second-order valence-corrected chi connectivity index (χ2v) is 6.85. The van der Waals surface area contributed by atoms with Crippen LogP contribution in [0.5, 0.6) is 0 Å². The minimum Gasteiger partial charge on any atom is -0.443 e. The molecule has 0 aromatic heterocycles. The molecule has 1 aromatic carbocycles. The number of rotatable bonds is 3. The van der Waals surface area contributed by atoms with Gasteiger partial charge in [-0.2, -0.15) is 0 Å². The van der Waals surface area contributed by atoms with E-state index in [9.17, 15) is 9.90 Å². The Balaban J connectivity index is 1.51. The molecule has 1 heterocycles. The minimum absolute atomic E-state index is 0.185.